The van der Waals surface area contributed by atoms with Gasteiger partial charge in [-0.1, -0.05) is 148 Å². The van der Waals surface area contributed by atoms with Crippen molar-refractivity contribution in [3.63, 3.8) is 0 Å². The lowest BCUT2D eigenvalue weighted by Crippen LogP contribution is -2.67. The van der Waals surface area contributed by atoms with Crippen LogP contribution in [0.3, 0.4) is 0 Å². The number of nitrogens with zero attached hydrogens (tertiary/aromatic N) is 1. The molecule has 0 saturated carbocycles. The Hall–Kier alpha value is -3.36. The molecule has 0 N–H and O–H groups in total. The summed E-state index contributed by atoms with van der Waals surface area (Å²) in [5, 5.41) is 5.16. The lowest BCUT2D eigenvalue weighted by atomic mass is 10.2. The standard InChI is InChI=1S/C35H36NOPSi/c1-35(2,3)39(31-22-12-6-13-23-31,32-24-14-7-15-25-32)37-34(33-26-16-17-27-36-33)28-38(29-18-8-4-9-19-29)30-20-10-5-11-21-30/h4-27,34H,28H2,1-3H3/t34-/m0/s1. The molecule has 196 valence electrons. The van der Waals surface area contributed by atoms with Crippen molar-refractivity contribution in [1.29, 1.82) is 0 Å². The first-order valence-corrected chi connectivity index (χ1v) is 17.0. The van der Waals surface area contributed by atoms with Crippen LogP contribution in [0.5, 0.6) is 0 Å². The first kappa shape index (κ1) is 27.2. The molecule has 5 rings (SSSR count). The molecule has 0 radical (unpaired) electrons. The zero-order valence-electron chi connectivity index (χ0n) is 22.9. The van der Waals surface area contributed by atoms with E-state index in [9.17, 15) is 0 Å². The summed E-state index contributed by atoms with van der Waals surface area (Å²) in [5.74, 6) is 0. The number of pyridine rings is 1. The summed E-state index contributed by atoms with van der Waals surface area (Å²) in [6.07, 6.45) is 2.57. The molecular formula is C35H36NOPSi. The highest BCUT2D eigenvalue weighted by molar-refractivity contribution is 7.73. The zero-order valence-corrected chi connectivity index (χ0v) is 24.8. The molecule has 0 saturated heterocycles. The Labute approximate surface area is 235 Å². The molecule has 0 fully saturated rings. The Kier molecular flexibility index (Phi) is 8.52. The van der Waals surface area contributed by atoms with Gasteiger partial charge in [0.05, 0.1) is 11.8 Å². The van der Waals surface area contributed by atoms with E-state index in [0.717, 1.165) is 11.9 Å². The lowest BCUT2D eigenvalue weighted by Gasteiger charge is -2.45. The Morgan fingerprint density at radius 1 is 0.615 bits per heavy atom. The van der Waals surface area contributed by atoms with Gasteiger partial charge in [-0.25, -0.2) is 0 Å². The van der Waals surface area contributed by atoms with Gasteiger partial charge in [0.1, 0.15) is 0 Å². The molecule has 4 heteroatoms. The van der Waals surface area contributed by atoms with Gasteiger partial charge in [-0.2, -0.15) is 0 Å². The fourth-order valence-corrected chi connectivity index (χ4v) is 12.6. The molecule has 0 aliphatic carbocycles. The fourth-order valence-electron chi connectivity index (χ4n) is 5.40. The van der Waals surface area contributed by atoms with Crippen molar-refractivity contribution in [3.05, 3.63) is 151 Å². The second-order valence-corrected chi connectivity index (χ2v) is 17.3. The van der Waals surface area contributed by atoms with Gasteiger partial charge in [0.2, 0.25) is 0 Å². The van der Waals surface area contributed by atoms with E-state index >= 15 is 0 Å². The van der Waals surface area contributed by atoms with E-state index in [-0.39, 0.29) is 11.1 Å². The van der Waals surface area contributed by atoms with E-state index in [1.165, 1.54) is 21.0 Å². The van der Waals surface area contributed by atoms with E-state index < -0.39 is 16.2 Å². The number of rotatable bonds is 9. The summed E-state index contributed by atoms with van der Waals surface area (Å²) in [6.45, 7) is 7.02. The lowest BCUT2D eigenvalue weighted by molar-refractivity contribution is 0.210. The van der Waals surface area contributed by atoms with Gasteiger partial charge in [-0.05, 0) is 46.1 Å². The SMILES string of the molecule is CC(C)(C)[Si](O[C@@H](CP(c1ccccc1)c1ccccc1)c1ccccn1)(c1ccccc1)c1ccccc1. The first-order valence-electron chi connectivity index (χ1n) is 13.6. The van der Waals surface area contributed by atoms with Crippen molar-refractivity contribution < 1.29 is 4.43 Å². The summed E-state index contributed by atoms with van der Waals surface area (Å²) >= 11 is 0. The zero-order chi connectivity index (χ0) is 27.1. The van der Waals surface area contributed by atoms with Gasteiger partial charge in [-0.3, -0.25) is 4.98 Å². The van der Waals surface area contributed by atoms with Gasteiger partial charge in [0.15, 0.2) is 0 Å². The molecule has 0 bridgehead atoms. The largest absolute Gasteiger partial charge is 0.399 e. The van der Waals surface area contributed by atoms with Crippen LogP contribution < -0.4 is 21.0 Å². The number of hydrogen-bond acceptors (Lipinski definition) is 2. The monoisotopic (exact) mass is 545 g/mol. The second-order valence-electron chi connectivity index (χ2n) is 10.8. The Balaban J connectivity index is 1.68. The minimum absolute atomic E-state index is 0.120. The molecular weight excluding hydrogens is 509 g/mol. The first-order chi connectivity index (χ1) is 19.0. The van der Waals surface area contributed by atoms with E-state index in [1.807, 2.05) is 12.3 Å². The summed E-state index contributed by atoms with van der Waals surface area (Å²) in [6, 6.07) is 49.8. The van der Waals surface area contributed by atoms with E-state index in [1.54, 1.807) is 0 Å². The second kappa shape index (κ2) is 12.2. The number of aromatic nitrogens is 1. The van der Waals surface area contributed by atoms with E-state index in [4.69, 9.17) is 9.41 Å². The predicted octanol–water partition coefficient (Wildman–Crippen LogP) is 6.83. The van der Waals surface area contributed by atoms with Gasteiger partial charge in [0, 0.05) is 12.4 Å². The molecule has 1 atom stereocenters. The van der Waals surface area contributed by atoms with Crippen LogP contribution in [0.2, 0.25) is 5.04 Å². The van der Waals surface area contributed by atoms with Crippen LogP contribution in [0.4, 0.5) is 0 Å². The molecule has 0 amide bonds. The minimum Gasteiger partial charge on any atom is -0.399 e. The molecule has 5 aromatic rings. The molecule has 1 aromatic heterocycles. The predicted molar refractivity (Wildman–Crippen MR) is 170 cm³/mol. The fraction of sp³-hybridized carbons (Fsp3) is 0.171. The topological polar surface area (TPSA) is 22.1 Å². The Morgan fingerprint density at radius 2 is 1.05 bits per heavy atom. The molecule has 2 nitrogen and oxygen atoms in total. The van der Waals surface area contributed by atoms with Crippen molar-refractivity contribution in [3.8, 4) is 0 Å². The van der Waals surface area contributed by atoms with Crippen LogP contribution >= 0.6 is 7.92 Å². The third-order valence-electron chi connectivity index (χ3n) is 7.24. The van der Waals surface area contributed by atoms with Gasteiger partial charge >= 0.3 is 0 Å². The normalized spacial score (nSPS) is 12.8. The van der Waals surface area contributed by atoms with Crippen molar-refractivity contribution in [2.75, 3.05) is 6.16 Å². The quantitative estimate of drug-likeness (QED) is 0.150. The van der Waals surface area contributed by atoms with Crippen molar-refractivity contribution in [1.82, 2.24) is 4.98 Å². The van der Waals surface area contributed by atoms with Gasteiger partial charge in [0.25, 0.3) is 8.32 Å². The summed E-state index contributed by atoms with van der Waals surface area (Å²) < 4.78 is 7.73. The molecule has 1 heterocycles. The van der Waals surface area contributed by atoms with Crippen LogP contribution in [0, 0.1) is 0 Å². The summed E-state index contributed by atoms with van der Waals surface area (Å²) in [7, 11) is -3.48. The Morgan fingerprint density at radius 3 is 1.46 bits per heavy atom. The highest BCUT2D eigenvalue weighted by Gasteiger charge is 2.52. The molecule has 4 aromatic carbocycles. The third-order valence-corrected chi connectivity index (χ3v) is 14.8. The smallest absolute Gasteiger partial charge is 0.261 e. The van der Waals surface area contributed by atoms with Gasteiger partial charge in [-0.15, -0.1) is 0 Å². The maximum atomic E-state index is 7.73. The molecule has 0 aliphatic rings. The average molecular weight is 546 g/mol. The van der Waals surface area contributed by atoms with Gasteiger partial charge < -0.3 is 4.43 Å². The summed E-state index contributed by atoms with van der Waals surface area (Å²) in [4.78, 5) is 4.88. The number of benzene rings is 4. The highest BCUT2D eigenvalue weighted by atomic mass is 31.1. The maximum absolute atomic E-state index is 7.73. The minimum atomic E-state index is -2.79. The Bertz CT molecular complexity index is 1350. The maximum Gasteiger partial charge on any atom is 0.261 e. The molecule has 0 aliphatic heterocycles. The van der Waals surface area contributed by atoms with Crippen LogP contribution in [-0.4, -0.2) is 19.5 Å². The van der Waals surface area contributed by atoms with E-state index in [2.05, 4.69) is 154 Å². The van der Waals surface area contributed by atoms with E-state index in [0.29, 0.717) is 0 Å². The average Bonchev–Trinajstić information content (AvgIpc) is 2.99. The van der Waals surface area contributed by atoms with Crippen molar-refractivity contribution in [2.45, 2.75) is 31.9 Å². The van der Waals surface area contributed by atoms with Crippen LogP contribution in [0.15, 0.2) is 146 Å². The number of hydrogen-bond donors (Lipinski definition) is 0. The third kappa shape index (κ3) is 5.97. The van der Waals surface area contributed by atoms with Crippen LogP contribution in [0.25, 0.3) is 0 Å². The highest BCUT2D eigenvalue weighted by Crippen LogP contribution is 2.44. The van der Waals surface area contributed by atoms with Crippen molar-refractivity contribution >= 4 is 37.2 Å². The van der Waals surface area contributed by atoms with Crippen molar-refractivity contribution in [2.24, 2.45) is 0 Å². The van der Waals surface area contributed by atoms with Crippen LogP contribution in [0.1, 0.15) is 32.6 Å². The molecule has 0 unspecified atom stereocenters. The summed E-state index contributed by atoms with van der Waals surface area (Å²) in [5.41, 5.74) is 0.991. The van der Waals surface area contributed by atoms with Crippen LogP contribution in [-0.2, 0) is 4.43 Å². The molecule has 0 spiro atoms. The molecule has 39 heavy (non-hydrogen) atoms.